The van der Waals surface area contributed by atoms with Crippen molar-refractivity contribution in [3.63, 3.8) is 0 Å². The number of rotatable bonds is 7. The summed E-state index contributed by atoms with van der Waals surface area (Å²) in [5, 5.41) is 15.7. The van der Waals surface area contributed by atoms with Crippen LogP contribution < -0.4 is 20.4 Å². The molecule has 3 aliphatic heterocycles. The molecule has 13 nitrogen and oxygen atoms in total. The molecule has 1 atom stereocenters. The molecule has 3 aliphatic rings. The van der Waals surface area contributed by atoms with Crippen molar-refractivity contribution in [3.8, 4) is 0 Å². The number of ether oxygens (including phenoxy) is 1. The van der Waals surface area contributed by atoms with Crippen LogP contribution in [0, 0.1) is 0 Å². The highest BCUT2D eigenvalue weighted by molar-refractivity contribution is 7.21. The zero-order chi connectivity index (χ0) is 28.2. The molecule has 2 amide bonds. The molecular weight excluding hydrogens is 546 g/mol. The lowest BCUT2D eigenvalue weighted by Crippen LogP contribution is -2.47. The van der Waals surface area contributed by atoms with E-state index in [0.29, 0.717) is 32.0 Å². The minimum atomic E-state index is -0.988. The minimum absolute atomic E-state index is 0.0623. The third-order valence-electron chi connectivity index (χ3n) is 7.87. The number of likely N-dealkylation sites (tertiary alicyclic amines) is 1. The molecule has 3 N–H and O–H groups in total. The van der Waals surface area contributed by atoms with Crippen LogP contribution >= 0.6 is 11.3 Å². The smallest absolute Gasteiger partial charge is 0.404 e. The Morgan fingerprint density at radius 2 is 1.83 bits per heavy atom. The molecule has 0 bridgehead atoms. The van der Waals surface area contributed by atoms with Gasteiger partial charge in [0, 0.05) is 57.5 Å². The van der Waals surface area contributed by atoms with Gasteiger partial charge in [0.05, 0.1) is 13.2 Å². The van der Waals surface area contributed by atoms with Crippen LogP contribution in [0.1, 0.15) is 41.7 Å². The van der Waals surface area contributed by atoms with Crippen LogP contribution in [0.5, 0.6) is 0 Å². The minimum Gasteiger partial charge on any atom is -0.465 e. The van der Waals surface area contributed by atoms with Gasteiger partial charge in [-0.25, -0.2) is 19.7 Å². The summed E-state index contributed by atoms with van der Waals surface area (Å²) in [5.74, 6) is 0.703. The maximum Gasteiger partial charge on any atom is 0.404 e. The number of amides is 2. The van der Waals surface area contributed by atoms with E-state index >= 15 is 0 Å². The third-order valence-corrected chi connectivity index (χ3v) is 8.90. The molecule has 3 fully saturated rings. The number of thiazole rings is 1. The molecule has 0 saturated carbocycles. The first kappa shape index (κ1) is 27.5. The molecule has 6 rings (SSSR count). The molecule has 3 saturated heterocycles. The van der Waals surface area contributed by atoms with Crippen molar-refractivity contribution in [2.45, 2.75) is 44.3 Å². The van der Waals surface area contributed by atoms with Crippen LogP contribution in [-0.4, -0.2) is 107 Å². The SMILES string of the molecule is O=C(O)NC1CCCN(Cc2ccnc(C(=O)NC3CCN(c4nc5c(N6CCOCC6)ncnc5s4)CC3)c2)C1. The molecule has 41 heavy (non-hydrogen) atoms. The average molecular weight is 582 g/mol. The van der Waals surface area contributed by atoms with Crippen LogP contribution in [0.25, 0.3) is 10.3 Å². The van der Waals surface area contributed by atoms with E-state index in [2.05, 4.69) is 40.3 Å². The zero-order valence-corrected chi connectivity index (χ0v) is 23.7. The highest BCUT2D eigenvalue weighted by atomic mass is 32.1. The summed E-state index contributed by atoms with van der Waals surface area (Å²) in [6.07, 6.45) is 5.70. The van der Waals surface area contributed by atoms with Gasteiger partial charge >= 0.3 is 6.09 Å². The molecule has 0 spiro atoms. The number of carbonyl (C=O) groups excluding carboxylic acids is 1. The van der Waals surface area contributed by atoms with Gasteiger partial charge in [-0.2, -0.15) is 0 Å². The maximum atomic E-state index is 13.1. The number of nitrogens with zero attached hydrogens (tertiary/aromatic N) is 7. The fraction of sp³-hybridized carbons (Fsp3) is 0.556. The number of nitrogens with one attached hydrogen (secondary N) is 2. The van der Waals surface area contributed by atoms with Crippen molar-refractivity contribution in [1.82, 2.24) is 35.5 Å². The molecule has 14 heteroatoms. The number of fused-ring (bicyclic) bond motifs is 1. The van der Waals surface area contributed by atoms with Gasteiger partial charge in [-0.1, -0.05) is 11.3 Å². The molecule has 0 radical (unpaired) electrons. The van der Waals surface area contributed by atoms with E-state index in [1.807, 2.05) is 12.1 Å². The summed E-state index contributed by atoms with van der Waals surface area (Å²) in [5.41, 5.74) is 2.24. The van der Waals surface area contributed by atoms with Gasteiger partial charge in [-0.05, 0) is 49.9 Å². The fourth-order valence-corrected chi connectivity index (χ4v) is 6.75. The van der Waals surface area contributed by atoms with Gasteiger partial charge in [-0.3, -0.25) is 14.7 Å². The van der Waals surface area contributed by atoms with E-state index in [-0.39, 0.29) is 18.0 Å². The van der Waals surface area contributed by atoms with Crippen LogP contribution in [0.15, 0.2) is 24.7 Å². The topological polar surface area (TPSA) is 149 Å². The molecule has 3 aromatic heterocycles. The van der Waals surface area contributed by atoms with Crippen molar-refractivity contribution < 1.29 is 19.4 Å². The lowest BCUT2D eigenvalue weighted by atomic mass is 10.0. The molecule has 1 unspecified atom stereocenters. The molecule has 0 aromatic carbocycles. The maximum absolute atomic E-state index is 13.1. The van der Waals surface area contributed by atoms with Gasteiger partial charge in [0.15, 0.2) is 15.8 Å². The summed E-state index contributed by atoms with van der Waals surface area (Å²) in [6, 6.07) is 3.75. The predicted octanol–water partition coefficient (Wildman–Crippen LogP) is 1.95. The van der Waals surface area contributed by atoms with Crippen LogP contribution in [0.3, 0.4) is 0 Å². The second-order valence-corrected chi connectivity index (χ2v) is 11.7. The Balaban J connectivity index is 1.03. The first-order valence-corrected chi connectivity index (χ1v) is 15.0. The predicted molar refractivity (Wildman–Crippen MR) is 155 cm³/mol. The lowest BCUT2D eigenvalue weighted by Gasteiger charge is -2.32. The number of pyridine rings is 1. The van der Waals surface area contributed by atoms with E-state index in [0.717, 1.165) is 85.3 Å². The van der Waals surface area contributed by atoms with Crippen LogP contribution in [0.4, 0.5) is 15.7 Å². The Labute approximate surface area is 241 Å². The van der Waals surface area contributed by atoms with Gasteiger partial charge in [0.25, 0.3) is 5.91 Å². The normalized spacial score (nSPS) is 20.7. The van der Waals surface area contributed by atoms with Gasteiger partial charge in [0.1, 0.15) is 17.5 Å². The van der Waals surface area contributed by atoms with Crippen molar-refractivity contribution in [1.29, 1.82) is 0 Å². The molecule has 3 aromatic rings. The Bertz CT molecular complexity index is 1370. The molecule has 0 aliphatic carbocycles. The summed E-state index contributed by atoms with van der Waals surface area (Å²) in [7, 11) is 0. The fourth-order valence-electron chi connectivity index (χ4n) is 5.79. The third kappa shape index (κ3) is 6.66. The van der Waals surface area contributed by atoms with E-state index < -0.39 is 6.09 Å². The standard InChI is InChI=1S/C27H35N9O4S/c37-24(21-14-18(3-6-28-21)15-34-7-1-2-20(16-34)32-27(38)39)31-19-4-8-36(9-5-19)26-33-22-23(29-17-30-25(22)41-26)35-10-12-40-13-11-35/h3,6,14,17,19-20,32H,1-2,4-5,7-13,15-16H2,(H,31,37)(H,38,39). The van der Waals surface area contributed by atoms with E-state index in [1.54, 1.807) is 23.9 Å². The van der Waals surface area contributed by atoms with Crippen LogP contribution in [-0.2, 0) is 11.3 Å². The second-order valence-electron chi connectivity index (χ2n) is 10.8. The summed E-state index contributed by atoms with van der Waals surface area (Å²) in [4.78, 5) is 49.9. The Kier molecular flexibility index (Phi) is 8.39. The molecule has 6 heterocycles. The van der Waals surface area contributed by atoms with Gasteiger partial charge < -0.3 is 30.3 Å². The van der Waals surface area contributed by atoms with Crippen LogP contribution in [0.2, 0.25) is 0 Å². The Morgan fingerprint density at radius 1 is 1.00 bits per heavy atom. The van der Waals surface area contributed by atoms with Crippen molar-refractivity contribution in [3.05, 3.63) is 35.9 Å². The average Bonchev–Trinajstić information content (AvgIpc) is 3.43. The highest BCUT2D eigenvalue weighted by Gasteiger charge is 2.26. The number of morpholine rings is 1. The molecule has 218 valence electrons. The second kappa shape index (κ2) is 12.5. The number of anilines is 2. The quantitative estimate of drug-likeness (QED) is 0.376. The highest BCUT2D eigenvalue weighted by Crippen LogP contribution is 2.33. The van der Waals surface area contributed by atoms with E-state index in [9.17, 15) is 9.59 Å². The first-order chi connectivity index (χ1) is 20.0. The lowest BCUT2D eigenvalue weighted by molar-refractivity contribution is 0.0925. The zero-order valence-electron chi connectivity index (χ0n) is 22.9. The Morgan fingerprint density at radius 3 is 2.63 bits per heavy atom. The number of hydrogen-bond donors (Lipinski definition) is 3. The number of aromatic nitrogens is 4. The van der Waals surface area contributed by atoms with E-state index in [1.165, 1.54) is 0 Å². The summed E-state index contributed by atoms with van der Waals surface area (Å²) in [6.45, 7) is 6.76. The van der Waals surface area contributed by atoms with E-state index in [4.69, 9.17) is 14.8 Å². The van der Waals surface area contributed by atoms with Crippen molar-refractivity contribution in [2.75, 3.05) is 62.3 Å². The monoisotopic (exact) mass is 581 g/mol. The summed E-state index contributed by atoms with van der Waals surface area (Å²) >= 11 is 1.58. The largest absolute Gasteiger partial charge is 0.465 e. The van der Waals surface area contributed by atoms with Crippen molar-refractivity contribution >= 4 is 44.6 Å². The molecular formula is C27H35N9O4S. The number of carbonyl (C=O) groups is 2. The van der Waals surface area contributed by atoms with Crippen molar-refractivity contribution in [2.24, 2.45) is 0 Å². The van der Waals surface area contributed by atoms with Gasteiger partial charge in [-0.15, -0.1) is 0 Å². The van der Waals surface area contributed by atoms with Gasteiger partial charge in [0.2, 0.25) is 0 Å². The Hall–Kier alpha value is -3.62. The number of hydrogen-bond acceptors (Lipinski definition) is 11. The first-order valence-electron chi connectivity index (χ1n) is 14.2. The number of piperidine rings is 2. The number of carboxylic acid groups (broad SMARTS) is 1. The summed E-state index contributed by atoms with van der Waals surface area (Å²) < 4.78 is 5.48.